The van der Waals surface area contributed by atoms with Gasteiger partial charge in [-0.25, -0.2) is 4.98 Å². The molecule has 0 spiro atoms. The van der Waals surface area contributed by atoms with Crippen LogP contribution in [0.2, 0.25) is 0 Å². The monoisotopic (exact) mass is 335 g/mol. The van der Waals surface area contributed by atoms with Crippen molar-refractivity contribution in [2.75, 3.05) is 7.11 Å². The number of aromatic amines is 1. The van der Waals surface area contributed by atoms with Gasteiger partial charge in [0, 0.05) is 18.2 Å². The van der Waals surface area contributed by atoms with Gasteiger partial charge in [-0.2, -0.15) is 5.10 Å². The van der Waals surface area contributed by atoms with Gasteiger partial charge in [-0.1, -0.05) is 18.2 Å². The minimum Gasteiger partial charge on any atom is -0.497 e. The summed E-state index contributed by atoms with van der Waals surface area (Å²) < 4.78 is 6.50. The first-order valence-corrected chi connectivity index (χ1v) is 8.65. The minimum absolute atomic E-state index is 0.904. The predicted octanol–water partition coefficient (Wildman–Crippen LogP) is 4.48. The van der Waals surface area contributed by atoms with Crippen LogP contribution in [-0.4, -0.2) is 22.3 Å². The molecule has 1 N–H and O–H groups in total. The van der Waals surface area contributed by atoms with Crippen molar-refractivity contribution in [1.82, 2.24) is 15.2 Å². The van der Waals surface area contributed by atoms with Crippen molar-refractivity contribution in [1.29, 1.82) is 0 Å². The normalized spacial score (nSPS) is 11.0. The topological polar surface area (TPSA) is 50.8 Å². The number of nitrogens with zero attached hydrogens (tertiary/aromatic N) is 2. The maximum absolute atomic E-state index is 5.28. The molecule has 0 atom stereocenters. The van der Waals surface area contributed by atoms with Gasteiger partial charge in [-0.05, 0) is 41.8 Å². The number of rotatable bonds is 5. The fourth-order valence-electron chi connectivity index (χ4n) is 2.75. The number of methoxy groups -OCH3 is 1. The molecule has 4 rings (SSSR count). The molecule has 24 heavy (non-hydrogen) atoms. The number of benzene rings is 2. The first kappa shape index (κ1) is 14.9. The second-order valence-corrected chi connectivity index (χ2v) is 6.74. The van der Waals surface area contributed by atoms with Crippen LogP contribution in [0.4, 0.5) is 0 Å². The van der Waals surface area contributed by atoms with Crippen LogP contribution in [0.15, 0.2) is 54.9 Å². The molecule has 0 saturated heterocycles. The number of hydrogen-bond acceptors (Lipinski definition) is 4. The largest absolute Gasteiger partial charge is 0.497 e. The maximum atomic E-state index is 5.28. The summed E-state index contributed by atoms with van der Waals surface area (Å²) in [6, 6.07) is 14.6. The van der Waals surface area contributed by atoms with Crippen molar-refractivity contribution < 1.29 is 4.74 Å². The van der Waals surface area contributed by atoms with Crippen LogP contribution >= 0.6 is 11.3 Å². The first-order valence-electron chi connectivity index (χ1n) is 7.83. The van der Waals surface area contributed by atoms with E-state index < -0.39 is 0 Å². The van der Waals surface area contributed by atoms with Gasteiger partial charge < -0.3 is 4.74 Å². The Balaban J connectivity index is 1.54. The van der Waals surface area contributed by atoms with E-state index in [2.05, 4.69) is 40.5 Å². The summed E-state index contributed by atoms with van der Waals surface area (Å²) in [6.07, 6.45) is 5.65. The number of aromatic nitrogens is 3. The Morgan fingerprint density at radius 2 is 2.04 bits per heavy atom. The lowest BCUT2D eigenvalue weighted by Gasteiger charge is -2.03. The maximum Gasteiger partial charge on any atom is 0.119 e. The Kier molecular flexibility index (Phi) is 4.01. The minimum atomic E-state index is 0.904. The molecular weight excluding hydrogens is 318 g/mol. The van der Waals surface area contributed by atoms with E-state index in [1.165, 1.54) is 15.8 Å². The van der Waals surface area contributed by atoms with Gasteiger partial charge >= 0.3 is 0 Å². The molecule has 0 aliphatic carbocycles. The average Bonchev–Trinajstić information content (AvgIpc) is 3.28. The highest BCUT2D eigenvalue weighted by Gasteiger charge is 2.07. The Hall–Kier alpha value is -2.66. The van der Waals surface area contributed by atoms with Gasteiger partial charge in [0.15, 0.2) is 0 Å². The second-order valence-electron chi connectivity index (χ2n) is 5.63. The van der Waals surface area contributed by atoms with E-state index in [0.717, 1.165) is 34.7 Å². The summed E-state index contributed by atoms with van der Waals surface area (Å²) in [7, 11) is 1.70. The van der Waals surface area contributed by atoms with Gasteiger partial charge in [-0.3, -0.25) is 5.10 Å². The zero-order valence-electron chi connectivity index (χ0n) is 13.3. The third kappa shape index (κ3) is 3.03. The molecule has 4 aromatic rings. The van der Waals surface area contributed by atoms with E-state index in [9.17, 15) is 0 Å². The highest BCUT2D eigenvalue weighted by atomic mass is 32.1. The Morgan fingerprint density at radius 3 is 2.88 bits per heavy atom. The van der Waals surface area contributed by atoms with Crippen LogP contribution in [0, 0.1) is 0 Å². The average molecular weight is 335 g/mol. The summed E-state index contributed by atoms with van der Waals surface area (Å²) in [5, 5.41) is 8.03. The van der Waals surface area contributed by atoms with Crippen molar-refractivity contribution in [3.63, 3.8) is 0 Å². The standard InChI is InChI=1S/C19H17N3OS/c1-23-16-4-2-3-13(9-16)5-8-19-22-17-7-6-14(10-18(17)24-19)15-11-20-21-12-15/h2-4,6-7,9-12H,5,8H2,1H3,(H,20,21). The van der Waals surface area contributed by atoms with Gasteiger partial charge in [0.2, 0.25) is 0 Å². The summed E-state index contributed by atoms with van der Waals surface area (Å²) in [6.45, 7) is 0. The fraction of sp³-hybridized carbons (Fsp3) is 0.158. The summed E-state index contributed by atoms with van der Waals surface area (Å²) in [5.74, 6) is 0.904. The number of nitrogens with one attached hydrogen (secondary N) is 1. The van der Waals surface area contributed by atoms with Crippen LogP contribution in [0.1, 0.15) is 10.6 Å². The van der Waals surface area contributed by atoms with Gasteiger partial charge in [0.05, 0.1) is 28.5 Å². The van der Waals surface area contributed by atoms with Crippen LogP contribution < -0.4 is 4.74 Å². The Bertz CT molecular complexity index is 960. The van der Waals surface area contributed by atoms with Crippen molar-refractivity contribution in [3.05, 3.63) is 65.4 Å². The third-order valence-electron chi connectivity index (χ3n) is 4.03. The van der Waals surface area contributed by atoms with Gasteiger partial charge in [0.1, 0.15) is 5.75 Å². The molecule has 4 nitrogen and oxygen atoms in total. The van der Waals surface area contributed by atoms with E-state index in [0.29, 0.717) is 0 Å². The number of hydrogen-bond donors (Lipinski definition) is 1. The molecule has 0 bridgehead atoms. The van der Waals surface area contributed by atoms with Crippen molar-refractivity contribution >= 4 is 21.6 Å². The first-order chi connectivity index (χ1) is 11.8. The molecule has 0 saturated carbocycles. The third-order valence-corrected chi connectivity index (χ3v) is 5.10. The van der Waals surface area contributed by atoms with Crippen molar-refractivity contribution in [2.45, 2.75) is 12.8 Å². The Morgan fingerprint density at radius 1 is 1.08 bits per heavy atom. The molecule has 0 aliphatic rings. The van der Waals surface area contributed by atoms with Crippen molar-refractivity contribution in [3.8, 4) is 16.9 Å². The quantitative estimate of drug-likeness (QED) is 0.585. The number of aryl methyl sites for hydroxylation is 2. The molecule has 0 amide bonds. The molecule has 2 aromatic heterocycles. The number of thiazole rings is 1. The highest BCUT2D eigenvalue weighted by molar-refractivity contribution is 7.18. The van der Waals surface area contributed by atoms with Crippen molar-refractivity contribution in [2.24, 2.45) is 0 Å². The van der Waals surface area contributed by atoms with E-state index in [-0.39, 0.29) is 0 Å². The lowest BCUT2D eigenvalue weighted by molar-refractivity contribution is 0.414. The smallest absolute Gasteiger partial charge is 0.119 e. The van der Waals surface area contributed by atoms with Crippen LogP contribution in [-0.2, 0) is 12.8 Å². The number of ether oxygens (including phenoxy) is 1. The second kappa shape index (κ2) is 6.45. The SMILES string of the molecule is COc1cccc(CCc2nc3ccc(-c4cn[nH]c4)cc3s2)c1. The van der Waals surface area contributed by atoms with Crippen LogP contribution in [0.25, 0.3) is 21.3 Å². The van der Waals surface area contributed by atoms with E-state index in [1.807, 2.05) is 24.5 Å². The molecule has 5 heteroatoms. The number of fused-ring (bicyclic) bond motifs is 1. The molecule has 2 aromatic carbocycles. The zero-order chi connectivity index (χ0) is 16.4. The summed E-state index contributed by atoms with van der Waals surface area (Å²) in [4.78, 5) is 4.76. The van der Waals surface area contributed by atoms with Gasteiger partial charge in [-0.15, -0.1) is 11.3 Å². The predicted molar refractivity (Wildman–Crippen MR) is 97.6 cm³/mol. The zero-order valence-corrected chi connectivity index (χ0v) is 14.1. The van der Waals surface area contributed by atoms with E-state index in [1.54, 1.807) is 18.4 Å². The molecule has 0 aliphatic heterocycles. The molecule has 2 heterocycles. The Labute approximate surface area is 144 Å². The molecule has 0 radical (unpaired) electrons. The summed E-state index contributed by atoms with van der Waals surface area (Å²) >= 11 is 1.76. The van der Waals surface area contributed by atoms with Crippen LogP contribution in [0.5, 0.6) is 5.75 Å². The highest BCUT2D eigenvalue weighted by Crippen LogP contribution is 2.28. The number of H-pyrrole nitrogens is 1. The molecule has 120 valence electrons. The van der Waals surface area contributed by atoms with Crippen LogP contribution in [0.3, 0.4) is 0 Å². The molecule has 0 unspecified atom stereocenters. The lowest BCUT2D eigenvalue weighted by Crippen LogP contribution is -1.91. The summed E-state index contributed by atoms with van der Waals surface area (Å²) in [5.41, 5.74) is 4.60. The lowest BCUT2D eigenvalue weighted by atomic mass is 10.1. The molecular formula is C19H17N3OS. The van der Waals surface area contributed by atoms with Gasteiger partial charge in [0.25, 0.3) is 0 Å². The van der Waals surface area contributed by atoms with E-state index in [4.69, 9.17) is 9.72 Å². The van der Waals surface area contributed by atoms with E-state index >= 15 is 0 Å². The molecule has 0 fully saturated rings. The fourth-order valence-corrected chi connectivity index (χ4v) is 3.75.